The first kappa shape index (κ1) is 24.8. The third-order valence-corrected chi connectivity index (χ3v) is 6.78. The number of nitrogens with zero attached hydrogens (tertiary/aromatic N) is 5. The zero-order chi connectivity index (χ0) is 23.3. The van der Waals surface area contributed by atoms with Crippen LogP contribution >= 0.6 is 11.8 Å². The minimum atomic E-state index is -0.232. The van der Waals surface area contributed by atoms with Gasteiger partial charge in [-0.15, -0.1) is 10.2 Å². The topological polar surface area (TPSA) is 68.4 Å². The minimum Gasteiger partial charge on any atom is -1.00 e. The quantitative estimate of drug-likeness (QED) is 0.358. The van der Waals surface area contributed by atoms with Gasteiger partial charge in [-0.1, -0.05) is 30.0 Å². The van der Waals surface area contributed by atoms with Gasteiger partial charge in [-0.3, -0.25) is 19.2 Å². The van der Waals surface area contributed by atoms with Crippen molar-refractivity contribution in [2.24, 2.45) is 0 Å². The van der Waals surface area contributed by atoms with Gasteiger partial charge in [-0.25, -0.2) is 4.39 Å². The number of para-hydroxylation sites is 1. The fourth-order valence-electron chi connectivity index (χ4n) is 4.07. The number of carbonyl (C=O) groups excluding carboxylic acids is 1. The Morgan fingerprint density at radius 3 is 2.40 bits per heavy atom. The summed E-state index contributed by atoms with van der Waals surface area (Å²) < 4.78 is 15.2. The van der Waals surface area contributed by atoms with Crippen LogP contribution in [0.4, 0.5) is 10.1 Å². The van der Waals surface area contributed by atoms with E-state index in [0.717, 1.165) is 30.0 Å². The molecule has 1 N–H and O–H groups in total. The maximum absolute atomic E-state index is 13.2. The van der Waals surface area contributed by atoms with E-state index in [2.05, 4.69) is 15.2 Å². The van der Waals surface area contributed by atoms with Gasteiger partial charge in [-0.2, -0.15) is 0 Å². The van der Waals surface area contributed by atoms with Crippen LogP contribution < -0.4 is 17.3 Å². The van der Waals surface area contributed by atoms with Crippen molar-refractivity contribution in [2.75, 3.05) is 31.9 Å². The minimum absolute atomic E-state index is 0. The number of thioether (sulfide) groups is 1. The Balaban J connectivity index is 0.00000289. The number of carbonyl (C=O) groups is 1. The lowest BCUT2D eigenvalue weighted by Gasteiger charge is -2.31. The van der Waals surface area contributed by atoms with Crippen molar-refractivity contribution in [3.8, 4) is 17.1 Å². The van der Waals surface area contributed by atoms with Gasteiger partial charge in [0, 0.05) is 35.8 Å². The first-order valence-electron chi connectivity index (χ1n) is 11.1. The monoisotopic (exact) mass is 510 g/mol. The van der Waals surface area contributed by atoms with Gasteiger partial charge in [0.2, 0.25) is 5.91 Å². The molecule has 0 radical (unpaired) electrons. The number of pyridine rings is 1. The average Bonchev–Trinajstić information content (AvgIpc) is 3.33. The van der Waals surface area contributed by atoms with Crippen molar-refractivity contribution < 1.29 is 26.5 Å². The standard InChI is InChI=1S/C25H23FN6OS.ClH/c26-20-8-10-21(11-9-20)30-13-15-31(16-14-30)23(33)18-34-25-29-28-24(19-5-4-12-27-17-19)32(25)22-6-2-1-3-7-22;/h1-12,17H,13-16,18H2;1H. The molecular formula is C25H24ClFN6OS. The molecule has 0 aliphatic carbocycles. The number of quaternary nitrogens is 1. The highest BCUT2D eigenvalue weighted by molar-refractivity contribution is 7.99. The van der Waals surface area contributed by atoms with Crippen LogP contribution in [0, 0.1) is 5.82 Å². The van der Waals surface area contributed by atoms with Crippen LogP contribution in [0.5, 0.6) is 0 Å². The summed E-state index contributed by atoms with van der Waals surface area (Å²) in [6.07, 6.45) is 3.48. The first-order valence-corrected chi connectivity index (χ1v) is 12.1. The van der Waals surface area contributed by atoms with Crippen LogP contribution in [0.25, 0.3) is 17.1 Å². The van der Waals surface area contributed by atoms with Gasteiger partial charge >= 0.3 is 0 Å². The fourth-order valence-corrected chi connectivity index (χ4v) is 4.93. The summed E-state index contributed by atoms with van der Waals surface area (Å²) in [5.41, 5.74) is 2.84. The third kappa shape index (κ3) is 5.70. The smallest absolute Gasteiger partial charge is 0.233 e. The highest BCUT2D eigenvalue weighted by Gasteiger charge is 2.26. The lowest BCUT2D eigenvalue weighted by molar-refractivity contribution is -0.837. The van der Waals surface area contributed by atoms with Crippen LogP contribution in [0.3, 0.4) is 0 Å². The molecule has 2 aromatic carbocycles. The van der Waals surface area contributed by atoms with Gasteiger partial charge in [0.15, 0.2) is 11.0 Å². The first-order chi connectivity index (χ1) is 16.7. The Morgan fingerprint density at radius 2 is 1.71 bits per heavy atom. The van der Waals surface area contributed by atoms with Crippen LogP contribution in [0.15, 0.2) is 84.3 Å². The van der Waals surface area contributed by atoms with E-state index in [9.17, 15) is 9.18 Å². The van der Waals surface area contributed by atoms with Crippen LogP contribution in [0.2, 0.25) is 0 Å². The van der Waals surface area contributed by atoms with Crippen molar-refractivity contribution in [3.63, 3.8) is 0 Å². The highest BCUT2D eigenvalue weighted by Crippen LogP contribution is 2.27. The van der Waals surface area contributed by atoms with Gasteiger partial charge in [0.05, 0.1) is 31.9 Å². The van der Waals surface area contributed by atoms with Gasteiger partial charge in [0.1, 0.15) is 11.5 Å². The number of piperazine rings is 1. The molecule has 180 valence electrons. The Labute approximate surface area is 213 Å². The molecular weight excluding hydrogens is 487 g/mol. The summed E-state index contributed by atoms with van der Waals surface area (Å²) in [6, 6.07) is 20.3. The maximum Gasteiger partial charge on any atom is 0.233 e. The zero-order valence-corrected chi connectivity index (χ0v) is 20.4. The van der Waals surface area contributed by atoms with E-state index >= 15 is 0 Å². The molecule has 2 aromatic heterocycles. The van der Waals surface area contributed by atoms with Crippen LogP contribution in [0.1, 0.15) is 0 Å². The Hall–Kier alpha value is -3.27. The predicted octanol–water partition coefficient (Wildman–Crippen LogP) is -0.377. The normalized spacial score (nSPS) is 13.9. The molecule has 3 heterocycles. The number of benzene rings is 2. The van der Waals surface area contributed by atoms with E-state index in [1.54, 1.807) is 12.4 Å². The Morgan fingerprint density at radius 1 is 0.971 bits per heavy atom. The maximum atomic E-state index is 13.2. The van der Waals surface area contributed by atoms with Crippen molar-refractivity contribution in [3.05, 3.63) is 84.9 Å². The summed E-state index contributed by atoms with van der Waals surface area (Å²) in [5, 5.41) is 9.45. The summed E-state index contributed by atoms with van der Waals surface area (Å²) in [5.74, 6) is 0.813. The van der Waals surface area contributed by atoms with E-state index < -0.39 is 0 Å². The van der Waals surface area contributed by atoms with E-state index in [-0.39, 0.29) is 29.9 Å². The number of halogens is 2. The number of nitrogens with one attached hydrogen (secondary N) is 1. The van der Waals surface area contributed by atoms with Crippen LogP contribution in [-0.4, -0.2) is 62.5 Å². The number of hydrogen-bond acceptors (Lipinski definition) is 5. The summed E-state index contributed by atoms with van der Waals surface area (Å²) in [6.45, 7) is 2.93. The largest absolute Gasteiger partial charge is 1.00 e. The highest BCUT2D eigenvalue weighted by atomic mass is 35.5. The number of hydrogen-bond donors (Lipinski definition) is 1. The third-order valence-electron chi connectivity index (χ3n) is 5.86. The molecule has 1 aliphatic rings. The molecule has 7 nitrogen and oxygen atoms in total. The number of aromatic nitrogens is 4. The molecule has 4 aromatic rings. The molecule has 0 atom stereocenters. The number of rotatable bonds is 6. The molecule has 0 unspecified atom stereocenters. The molecule has 10 heteroatoms. The molecule has 1 fully saturated rings. The lowest BCUT2D eigenvalue weighted by atomic mass is 10.2. The Kier molecular flexibility index (Phi) is 8.12. The van der Waals surface area contributed by atoms with Crippen molar-refractivity contribution in [2.45, 2.75) is 5.16 Å². The molecule has 0 bridgehead atoms. The van der Waals surface area contributed by atoms with Gasteiger partial charge < -0.3 is 17.3 Å². The number of amides is 1. The van der Waals surface area contributed by atoms with Crippen molar-refractivity contribution in [1.82, 2.24) is 24.6 Å². The van der Waals surface area contributed by atoms with E-state index in [4.69, 9.17) is 0 Å². The summed E-state index contributed by atoms with van der Waals surface area (Å²) in [4.78, 5) is 20.3. The second-order valence-corrected chi connectivity index (χ2v) is 8.94. The second kappa shape index (κ2) is 11.4. The molecule has 0 spiro atoms. The molecule has 1 saturated heterocycles. The SMILES string of the molecule is O=C(CSc1nnc(-c2cccnc2)n1-c1ccccc1)N1CC[NH+](c2ccc(F)cc2)CC1.[Cl-]. The molecule has 5 rings (SSSR count). The average molecular weight is 511 g/mol. The Bertz CT molecular complexity index is 1250. The molecule has 0 saturated carbocycles. The summed E-state index contributed by atoms with van der Waals surface area (Å²) >= 11 is 1.39. The van der Waals surface area contributed by atoms with E-state index in [1.165, 1.54) is 28.8 Å². The van der Waals surface area contributed by atoms with Crippen molar-refractivity contribution in [1.29, 1.82) is 0 Å². The van der Waals surface area contributed by atoms with Gasteiger partial charge in [-0.05, 0) is 36.4 Å². The molecule has 1 amide bonds. The predicted molar refractivity (Wildman–Crippen MR) is 129 cm³/mol. The van der Waals surface area contributed by atoms with E-state index in [0.29, 0.717) is 24.1 Å². The molecule has 1 aliphatic heterocycles. The molecule has 35 heavy (non-hydrogen) atoms. The van der Waals surface area contributed by atoms with E-state index in [1.807, 2.05) is 64.1 Å². The van der Waals surface area contributed by atoms with Crippen molar-refractivity contribution >= 4 is 23.4 Å². The fraction of sp³-hybridized carbons (Fsp3) is 0.200. The summed E-state index contributed by atoms with van der Waals surface area (Å²) in [7, 11) is 0. The van der Waals surface area contributed by atoms with Gasteiger partial charge in [0.25, 0.3) is 0 Å². The van der Waals surface area contributed by atoms with Crippen LogP contribution in [-0.2, 0) is 4.79 Å². The lowest BCUT2D eigenvalue weighted by Crippen LogP contribution is -3.10. The zero-order valence-electron chi connectivity index (χ0n) is 18.8. The second-order valence-electron chi connectivity index (χ2n) is 8.00.